The summed E-state index contributed by atoms with van der Waals surface area (Å²) in [6.07, 6.45) is 0. The van der Waals surface area contributed by atoms with E-state index in [1.165, 1.54) is 58.4 Å². The van der Waals surface area contributed by atoms with E-state index in [-0.39, 0.29) is 0 Å². The lowest BCUT2D eigenvalue weighted by Crippen LogP contribution is -1.87. The Bertz CT molecular complexity index is 1530. The average molecular weight is 375 g/mol. The summed E-state index contributed by atoms with van der Waals surface area (Å²) in [4.78, 5) is 0. The molecule has 0 bridgehead atoms. The molecule has 5 aromatic carbocycles. The van der Waals surface area contributed by atoms with Gasteiger partial charge < -0.3 is 0 Å². The molecule has 0 aliphatic heterocycles. The first-order valence-corrected chi connectivity index (χ1v) is 10.4. The van der Waals surface area contributed by atoms with Crippen molar-refractivity contribution < 1.29 is 0 Å². The number of benzene rings is 5. The molecule has 0 aliphatic carbocycles. The van der Waals surface area contributed by atoms with Gasteiger partial charge in [0.05, 0.1) is 0 Å². The van der Waals surface area contributed by atoms with Gasteiger partial charge in [0.2, 0.25) is 0 Å². The third-order valence-electron chi connectivity index (χ3n) is 5.81. The Labute approximate surface area is 167 Å². The molecule has 0 atom stereocenters. The van der Waals surface area contributed by atoms with E-state index < -0.39 is 0 Å². The van der Waals surface area contributed by atoms with Crippen LogP contribution in [0.25, 0.3) is 58.4 Å². The van der Waals surface area contributed by atoms with Gasteiger partial charge in [-0.1, -0.05) is 72.8 Å². The van der Waals surface area contributed by atoms with Crippen molar-refractivity contribution in [2.75, 3.05) is 0 Å². The molecule has 0 aliphatic rings. The minimum absolute atomic E-state index is 1.10. The minimum atomic E-state index is 1.10. The zero-order chi connectivity index (χ0) is 18.8. The van der Waals surface area contributed by atoms with Crippen LogP contribution in [0.15, 0.2) is 85.4 Å². The van der Waals surface area contributed by atoms with Crippen LogP contribution in [0, 0.1) is 0 Å². The number of fused-ring (bicyclic) bond motifs is 3. The van der Waals surface area contributed by atoms with Crippen LogP contribution in [0.3, 0.4) is 0 Å². The van der Waals surface area contributed by atoms with Gasteiger partial charge in [0, 0.05) is 20.2 Å². The van der Waals surface area contributed by atoms with Gasteiger partial charge in [0.25, 0.3) is 0 Å². The first-order valence-electron chi connectivity index (χ1n) is 9.57. The number of rotatable bonds is 2. The molecule has 1 aromatic heterocycles. The molecule has 0 radical (unpaired) electrons. The molecule has 132 valence electrons. The lowest BCUT2D eigenvalue weighted by atomic mass is 9.89. The fraction of sp³-hybridized carbons (Fsp3) is 0.0370. The Morgan fingerprint density at radius 3 is 2.04 bits per heavy atom. The number of allylic oxidation sites excluding steroid dienone is 1. The zero-order valence-corrected chi connectivity index (χ0v) is 16.4. The summed E-state index contributed by atoms with van der Waals surface area (Å²) in [5.74, 6) is 0. The topological polar surface area (TPSA) is 0 Å². The Balaban J connectivity index is 1.86. The first kappa shape index (κ1) is 15.9. The lowest BCUT2D eigenvalue weighted by molar-refractivity contribution is 1.57. The quantitative estimate of drug-likeness (QED) is 0.266. The van der Waals surface area contributed by atoms with Crippen molar-refractivity contribution in [3.05, 3.63) is 91.0 Å². The fourth-order valence-electron chi connectivity index (χ4n) is 4.56. The summed E-state index contributed by atoms with van der Waals surface area (Å²) >= 11 is 1.90. The standard InChI is InChI=1S/C27H18S/c1-16(2)17-7-3-8-18(15-17)19-9-4-10-20-21-11-5-13-23-26(21)27-22(25(19)20)12-6-14-24(27)28-23/h3-15H,1H2,2H3. The largest absolute Gasteiger partial charge is 0.135 e. The molecule has 0 N–H and O–H groups in total. The van der Waals surface area contributed by atoms with Gasteiger partial charge in [-0.15, -0.1) is 11.3 Å². The molecule has 0 spiro atoms. The molecular formula is C27H18S. The Morgan fingerprint density at radius 1 is 0.679 bits per heavy atom. The monoisotopic (exact) mass is 374 g/mol. The van der Waals surface area contributed by atoms with Crippen LogP contribution >= 0.6 is 11.3 Å². The smallest absolute Gasteiger partial charge is 0.0361 e. The number of hydrogen-bond acceptors (Lipinski definition) is 1. The maximum atomic E-state index is 4.13. The van der Waals surface area contributed by atoms with E-state index in [9.17, 15) is 0 Å². The third kappa shape index (κ3) is 2.05. The molecule has 0 nitrogen and oxygen atoms in total. The van der Waals surface area contributed by atoms with Crippen molar-refractivity contribution in [1.29, 1.82) is 0 Å². The summed E-state index contributed by atoms with van der Waals surface area (Å²) in [5, 5.41) is 8.23. The summed E-state index contributed by atoms with van der Waals surface area (Å²) in [7, 11) is 0. The highest BCUT2D eigenvalue weighted by molar-refractivity contribution is 7.26. The van der Waals surface area contributed by atoms with Crippen molar-refractivity contribution in [1.82, 2.24) is 0 Å². The summed E-state index contributed by atoms with van der Waals surface area (Å²) in [6.45, 7) is 6.20. The minimum Gasteiger partial charge on any atom is -0.135 e. The van der Waals surface area contributed by atoms with Crippen LogP contribution < -0.4 is 0 Å². The third-order valence-corrected chi connectivity index (χ3v) is 6.93. The average Bonchev–Trinajstić information content (AvgIpc) is 3.12. The molecule has 0 amide bonds. The lowest BCUT2D eigenvalue weighted by Gasteiger charge is -2.14. The molecule has 0 unspecified atom stereocenters. The summed E-state index contributed by atoms with van der Waals surface area (Å²) < 4.78 is 2.75. The van der Waals surface area contributed by atoms with E-state index in [1.807, 2.05) is 11.3 Å². The predicted molar refractivity (Wildman–Crippen MR) is 126 cm³/mol. The summed E-state index contributed by atoms with van der Waals surface area (Å²) in [5.41, 5.74) is 4.84. The van der Waals surface area contributed by atoms with Crippen molar-refractivity contribution in [3.8, 4) is 11.1 Å². The number of hydrogen-bond donors (Lipinski definition) is 0. The SMILES string of the molecule is C=C(C)c1cccc(-c2cccc3c4cccc5sc6cccc(c23)c6c54)c1. The van der Waals surface area contributed by atoms with Crippen molar-refractivity contribution >= 4 is 58.6 Å². The van der Waals surface area contributed by atoms with Gasteiger partial charge >= 0.3 is 0 Å². The highest BCUT2D eigenvalue weighted by atomic mass is 32.1. The van der Waals surface area contributed by atoms with Crippen LogP contribution in [-0.4, -0.2) is 0 Å². The highest BCUT2D eigenvalue weighted by Crippen LogP contribution is 2.47. The maximum absolute atomic E-state index is 4.13. The second-order valence-electron chi connectivity index (χ2n) is 7.55. The first-order chi connectivity index (χ1) is 13.7. The zero-order valence-electron chi connectivity index (χ0n) is 15.6. The molecule has 6 aromatic rings. The maximum Gasteiger partial charge on any atom is 0.0361 e. The molecule has 1 heteroatoms. The normalized spacial score (nSPS) is 11.9. The van der Waals surface area contributed by atoms with Gasteiger partial charge in [-0.25, -0.2) is 0 Å². The van der Waals surface area contributed by atoms with E-state index in [4.69, 9.17) is 0 Å². The molecule has 0 saturated carbocycles. The van der Waals surface area contributed by atoms with E-state index in [1.54, 1.807) is 0 Å². The van der Waals surface area contributed by atoms with Crippen LogP contribution in [0.4, 0.5) is 0 Å². The van der Waals surface area contributed by atoms with Crippen LogP contribution in [0.2, 0.25) is 0 Å². The van der Waals surface area contributed by atoms with Gasteiger partial charge in [-0.3, -0.25) is 0 Å². The highest BCUT2D eigenvalue weighted by Gasteiger charge is 2.17. The van der Waals surface area contributed by atoms with Crippen molar-refractivity contribution in [2.24, 2.45) is 0 Å². The van der Waals surface area contributed by atoms with E-state index >= 15 is 0 Å². The molecule has 1 heterocycles. The van der Waals surface area contributed by atoms with Gasteiger partial charge in [0.1, 0.15) is 0 Å². The Kier molecular flexibility index (Phi) is 3.21. The van der Waals surface area contributed by atoms with Crippen molar-refractivity contribution in [2.45, 2.75) is 6.92 Å². The second kappa shape index (κ2) is 5.67. The molecule has 0 fully saturated rings. The molecular weight excluding hydrogens is 356 g/mol. The Morgan fingerprint density at radius 2 is 1.29 bits per heavy atom. The molecule has 6 rings (SSSR count). The Hall–Kier alpha value is -3.16. The van der Waals surface area contributed by atoms with Crippen molar-refractivity contribution in [3.63, 3.8) is 0 Å². The summed E-state index contributed by atoms with van der Waals surface area (Å²) in [6, 6.07) is 28.9. The molecule has 0 saturated heterocycles. The number of thiophene rings is 1. The fourth-order valence-corrected chi connectivity index (χ4v) is 5.72. The van der Waals surface area contributed by atoms with E-state index in [0.717, 1.165) is 5.57 Å². The van der Waals surface area contributed by atoms with Gasteiger partial charge in [0.15, 0.2) is 0 Å². The van der Waals surface area contributed by atoms with Crippen LogP contribution in [0.1, 0.15) is 12.5 Å². The van der Waals surface area contributed by atoms with Crippen LogP contribution in [0.5, 0.6) is 0 Å². The molecule has 28 heavy (non-hydrogen) atoms. The van der Waals surface area contributed by atoms with E-state index in [2.05, 4.69) is 92.4 Å². The van der Waals surface area contributed by atoms with Gasteiger partial charge in [-0.2, -0.15) is 0 Å². The van der Waals surface area contributed by atoms with Crippen LogP contribution in [-0.2, 0) is 0 Å². The second-order valence-corrected chi connectivity index (χ2v) is 8.63. The predicted octanol–water partition coefficient (Wildman–Crippen LogP) is 8.50. The van der Waals surface area contributed by atoms with Gasteiger partial charge in [-0.05, 0) is 63.4 Å². The van der Waals surface area contributed by atoms with E-state index in [0.29, 0.717) is 0 Å².